The SMILES string of the molecule is Cc1ccc2c(c1)N(C(=O)CN)CCC2.Cl. The number of benzene rings is 1. The number of hydrogen-bond donors (Lipinski definition) is 1. The third-order valence-electron chi connectivity index (χ3n) is 2.84. The second-order valence-corrected chi connectivity index (χ2v) is 3.99. The molecular formula is C12H17ClN2O. The van der Waals surface area contributed by atoms with Crippen LogP contribution in [0.4, 0.5) is 5.69 Å². The Balaban J connectivity index is 0.00000128. The van der Waals surface area contributed by atoms with Crippen LogP contribution in [0.5, 0.6) is 0 Å². The van der Waals surface area contributed by atoms with Gasteiger partial charge in [0.25, 0.3) is 0 Å². The molecule has 0 aliphatic carbocycles. The molecule has 16 heavy (non-hydrogen) atoms. The number of nitrogens with zero attached hydrogens (tertiary/aromatic N) is 1. The van der Waals surface area contributed by atoms with Gasteiger partial charge < -0.3 is 10.6 Å². The van der Waals surface area contributed by atoms with Crippen LogP contribution >= 0.6 is 12.4 Å². The van der Waals surface area contributed by atoms with Gasteiger partial charge in [0, 0.05) is 12.2 Å². The van der Waals surface area contributed by atoms with Crippen molar-refractivity contribution in [1.29, 1.82) is 0 Å². The first-order valence-electron chi connectivity index (χ1n) is 5.32. The molecule has 1 aliphatic heterocycles. The number of nitrogens with two attached hydrogens (primary N) is 1. The third kappa shape index (κ3) is 2.36. The summed E-state index contributed by atoms with van der Waals surface area (Å²) in [5.74, 6) is 0.0153. The molecule has 0 bridgehead atoms. The van der Waals surface area contributed by atoms with Crippen LogP contribution < -0.4 is 10.6 Å². The van der Waals surface area contributed by atoms with Gasteiger partial charge in [-0.15, -0.1) is 12.4 Å². The molecule has 0 radical (unpaired) electrons. The molecule has 4 heteroatoms. The van der Waals surface area contributed by atoms with E-state index in [9.17, 15) is 4.79 Å². The highest BCUT2D eigenvalue weighted by atomic mass is 35.5. The average Bonchev–Trinajstić information content (AvgIpc) is 2.27. The maximum absolute atomic E-state index is 11.6. The average molecular weight is 241 g/mol. The van der Waals surface area contributed by atoms with Crippen molar-refractivity contribution in [2.45, 2.75) is 19.8 Å². The number of carbonyl (C=O) groups is 1. The van der Waals surface area contributed by atoms with Crippen molar-refractivity contribution in [3.8, 4) is 0 Å². The summed E-state index contributed by atoms with van der Waals surface area (Å²) in [7, 11) is 0. The van der Waals surface area contributed by atoms with Crippen LogP contribution in [0.2, 0.25) is 0 Å². The summed E-state index contributed by atoms with van der Waals surface area (Å²) in [6.07, 6.45) is 2.09. The Labute approximate surface area is 102 Å². The second-order valence-electron chi connectivity index (χ2n) is 3.99. The van der Waals surface area contributed by atoms with Crippen molar-refractivity contribution in [2.24, 2.45) is 5.73 Å². The van der Waals surface area contributed by atoms with Crippen LogP contribution in [0.1, 0.15) is 17.5 Å². The summed E-state index contributed by atoms with van der Waals surface area (Å²) in [6, 6.07) is 6.28. The summed E-state index contributed by atoms with van der Waals surface area (Å²) in [5.41, 5.74) is 8.90. The Hall–Kier alpha value is -1.06. The number of rotatable bonds is 1. The molecule has 1 aliphatic rings. The molecular weight excluding hydrogens is 224 g/mol. The third-order valence-corrected chi connectivity index (χ3v) is 2.84. The first-order chi connectivity index (χ1) is 7.22. The van der Waals surface area contributed by atoms with Crippen LogP contribution in [0.25, 0.3) is 0 Å². The highest BCUT2D eigenvalue weighted by Crippen LogP contribution is 2.27. The van der Waals surface area contributed by atoms with Crippen molar-refractivity contribution in [2.75, 3.05) is 18.0 Å². The Morgan fingerprint density at radius 2 is 2.25 bits per heavy atom. The minimum atomic E-state index is 0. The van der Waals surface area contributed by atoms with Crippen LogP contribution in [-0.2, 0) is 11.2 Å². The normalized spacial score (nSPS) is 14.0. The van der Waals surface area contributed by atoms with E-state index in [1.807, 2.05) is 11.8 Å². The molecule has 0 aromatic heterocycles. The summed E-state index contributed by atoms with van der Waals surface area (Å²) >= 11 is 0. The summed E-state index contributed by atoms with van der Waals surface area (Å²) in [4.78, 5) is 13.5. The van der Waals surface area contributed by atoms with Crippen molar-refractivity contribution < 1.29 is 4.79 Å². The molecule has 3 nitrogen and oxygen atoms in total. The summed E-state index contributed by atoms with van der Waals surface area (Å²) in [5, 5.41) is 0. The van der Waals surface area contributed by atoms with E-state index in [1.54, 1.807) is 0 Å². The van der Waals surface area contributed by atoms with Gasteiger partial charge in [0.1, 0.15) is 0 Å². The number of hydrogen-bond acceptors (Lipinski definition) is 2. The first kappa shape index (κ1) is 13.0. The zero-order valence-corrected chi connectivity index (χ0v) is 10.2. The van der Waals surface area contributed by atoms with Crippen LogP contribution in [0, 0.1) is 6.92 Å². The number of amides is 1. The van der Waals surface area contributed by atoms with Crippen LogP contribution in [-0.4, -0.2) is 19.0 Å². The number of halogens is 1. The van der Waals surface area contributed by atoms with E-state index >= 15 is 0 Å². The molecule has 0 spiro atoms. The zero-order chi connectivity index (χ0) is 10.8. The molecule has 1 amide bonds. The highest BCUT2D eigenvalue weighted by molar-refractivity contribution is 5.95. The Bertz CT molecular complexity index is 393. The standard InChI is InChI=1S/C12H16N2O.ClH/c1-9-4-5-10-3-2-6-14(11(10)7-9)12(15)8-13;/h4-5,7H,2-3,6,8,13H2,1H3;1H. The lowest BCUT2D eigenvalue weighted by molar-refractivity contribution is -0.117. The molecule has 0 fully saturated rings. The van der Waals surface area contributed by atoms with Gasteiger partial charge in [-0.3, -0.25) is 4.79 Å². The lowest BCUT2D eigenvalue weighted by atomic mass is 10.00. The fraction of sp³-hybridized carbons (Fsp3) is 0.417. The molecule has 0 saturated carbocycles. The first-order valence-corrected chi connectivity index (χ1v) is 5.32. The van der Waals surface area contributed by atoms with Crippen molar-refractivity contribution in [3.63, 3.8) is 0 Å². The maximum atomic E-state index is 11.6. The van der Waals surface area contributed by atoms with E-state index in [2.05, 4.69) is 18.2 Å². The number of carbonyl (C=O) groups excluding carboxylic acids is 1. The molecule has 1 aromatic rings. The van der Waals surface area contributed by atoms with E-state index in [4.69, 9.17) is 5.73 Å². The van der Waals surface area contributed by atoms with E-state index < -0.39 is 0 Å². The molecule has 0 unspecified atom stereocenters. The van der Waals surface area contributed by atoms with Gasteiger partial charge >= 0.3 is 0 Å². The molecule has 2 N–H and O–H groups in total. The number of fused-ring (bicyclic) bond motifs is 1. The van der Waals surface area contributed by atoms with Gasteiger partial charge in [0.05, 0.1) is 6.54 Å². The van der Waals surface area contributed by atoms with Crippen molar-refractivity contribution in [1.82, 2.24) is 0 Å². The zero-order valence-electron chi connectivity index (χ0n) is 9.40. The highest BCUT2D eigenvalue weighted by Gasteiger charge is 2.21. The van der Waals surface area contributed by atoms with E-state index in [-0.39, 0.29) is 24.9 Å². The second kappa shape index (κ2) is 5.32. The minimum absolute atomic E-state index is 0. The number of aryl methyl sites for hydroxylation is 2. The lowest BCUT2D eigenvalue weighted by Crippen LogP contribution is -2.39. The van der Waals surface area contributed by atoms with Gasteiger partial charge in [-0.1, -0.05) is 12.1 Å². The van der Waals surface area contributed by atoms with Gasteiger partial charge in [0.15, 0.2) is 0 Å². The fourth-order valence-electron chi connectivity index (χ4n) is 2.05. The van der Waals surface area contributed by atoms with E-state index in [0.717, 1.165) is 25.1 Å². The van der Waals surface area contributed by atoms with Gasteiger partial charge in [0.2, 0.25) is 5.91 Å². The molecule has 0 atom stereocenters. The largest absolute Gasteiger partial charge is 0.322 e. The minimum Gasteiger partial charge on any atom is -0.322 e. The topological polar surface area (TPSA) is 46.3 Å². The molecule has 0 saturated heterocycles. The van der Waals surface area contributed by atoms with Crippen LogP contribution in [0.15, 0.2) is 18.2 Å². The quantitative estimate of drug-likeness (QED) is 0.812. The van der Waals surface area contributed by atoms with Gasteiger partial charge in [-0.05, 0) is 37.0 Å². The molecule has 1 heterocycles. The summed E-state index contributed by atoms with van der Waals surface area (Å²) in [6.45, 7) is 2.93. The summed E-state index contributed by atoms with van der Waals surface area (Å²) < 4.78 is 0. The molecule has 1 aromatic carbocycles. The Morgan fingerprint density at radius 1 is 1.50 bits per heavy atom. The number of anilines is 1. The Kier molecular flexibility index (Phi) is 4.33. The predicted octanol–water partition coefficient (Wildman–Crippen LogP) is 1.65. The maximum Gasteiger partial charge on any atom is 0.240 e. The van der Waals surface area contributed by atoms with Crippen molar-refractivity contribution >= 4 is 24.0 Å². The van der Waals surface area contributed by atoms with Gasteiger partial charge in [-0.2, -0.15) is 0 Å². The lowest BCUT2D eigenvalue weighted by Gasteiger charge is -2.29. The molecule has 2 rings (SSSR count). The Morgan fingerprint density at radius 3 is 2.94 bits per heavy atom. The fourth-order valence-corrected chi connectivity index (χ4v) is 2.05. The van der Waals surface area contributed by atoms with Crippen molar-refractivity contribution in [3.05, 3.63) is 29.3 Å². The smallest absolute Gasteiger partial charge is 0.240 e. The predicted molar refractivity (Wildman–Crippen MR) is 68.2 cm³/mol. The van der Waals surface area contributed by atoms with E-state index in [0.29, 0.717) is 0 Å². The molecule has 88 valence electrons. The van der Waals surface area contributed by atoms with E-state index in [1.165, 1.54) is 11.1 Å². The van der Waals surface area contributed by atoms with Crippen LogP contribution in [0.3, 0.4) is 0 Å². The monoisotopic (exact) mass is 240 g/mol. The van der Waals surface area contributed by atoms with Gasteiger partial charge in [-0.25, -0.2) is 0 Å².